The average molecular weight is 392 g/mol. The Labute approximate surface area is 166 Å². The molecule has 2 heterocycles. The molecule has 0 bridgehead atoms. The van der Waals surface area contributed by atoms with Crippen molar-refractivity contribution in [2.24, 2.45) is 23.5 Å². The number of piperazine rings is 1. The molecule has 8 heteroatoms. The van der Waals surface area contributed by atoms with Gasteiger partial charge in [-0.15, -0.1) is 0 Å². The Morgan fingerprint density at radius 1 is 1.04 bits per heavy atom. The van der Waals surface area contributed by atoms with Gasteiger partial charge in [-0.25, -0.2) is 5.01 Å². The van der Waals surface area contributed by atoms with Crippen LogP contribution in [0, 0.1) is 17.8 Å². The van der Waals surface area contributed by atoms with Crippen LogP contribution in [0.1, 0.15) is 46.0 Å². The van der Waals surface area contributed by atoms with Gasteiger partial charge in [0.25, 0.3) is 0 Å². The molecule has 0 spiro atoms. The largest absolute Gasteiger partial charge is 0.369 e. The van der Waals surface area contributed by atoms with Crippen LogP contribution < -0.4 is 11.2 Å². The second-order valence-corrected chi connectivity index (χ2v) is 9.22. The minimum absolute atomic E-state index is 0.0807. The zero-order valence-corrected chi connectivity index (χ0v) is 17.0. The maximum Gasteiger partial charge on any atom is 0.233 e. The summed E-state index contributed by atoms with van der Waals surface area (Å²) in [6, 6.07) is 0.339. The van der Waals surface area contributed by atoms with Gasteiger partial charge in [-0.2, -0.15) is 0 Å². The van der Waals surface area contributed by atoms with Crippen molar-refractivity contribution < 1.29 is 14.4 Å². The third kappa shape index (κ3) is 3.76. The summed E-state index contributed by atoms with van der Waals surface area (Å²) in [5, 5.41) is 1.91. The van der Waals surface area contributed by atoms with Gasteiger partial charge in [-0.05, 0) is 50.9 Å². The van der Waals surface area contributed by atoms with Crippen LogP contribution in [0.5, 0.6) is 0 Å². The summed E-state index contributed by atoms with van der Waals surface area (Å²) in [5.74, 6) is 1.24. The van der Waals surface area contributed by atoms with Crippen molar-refractivity contribution in [3.05, 3.63) is 0 Å². The van der Waals surface area contributed by atoms with Crippen LogP contribution in [0.3, 0.4) is 0 Å². The first-order valence-corrected chi connectivity index (χ1v) is 10.7. The van der Waals surface area contributed by atoms with E-state index < -0.39 is 0 Å². The number of fused-ring (bicyclic) bond motifs is 1. The van der Waals surface area contributed by atoms with Crippen LogP contribution in [0.2, 0.25) is 0 Å². The molecule has 8 nitrogen and oxygen atoms in total. The van der Waals surface area contributed by atoms with Crippen LogP contribution in [-0.2, 0) is 14.4 Å². The number of carbonyl (C=O) groups excluding carboxylic acids is 3. The number of hydrazine groups is 1. The lowest BCUT2D eigenvalue weighted by Gasteiger charge is -2.54. The third-order valence-electron chi connectivity index (χ3n) is 7.13. The molecule has 0 aromatic rings. The fourth-order valence-electron chi connectivity index (χ4n) is 5.73. The molecule has 4 fully saturated rings. The van der Waals surface area contributed by atoms with Crippen molar-refractivity contribution in [1.82, 2.24) is 20.2 Å². The highest BCUT2D eigenvalue weighted by atomic mass is 16.2. The molecule has 2 aliphatic heterocycles. The summed E-state index contributed by atoms with van der Waals surface area (Å²) in [4.78, 5) is 40.7. The number of hydrogen-bond donors (Lipinski definition) is 2. The minimum Gasteiger partial charge on any atom is -0.369 e. The van der Waals surface area contributed by atoms with E-state index in [1.807, 2.05) is 9.91 Å². The molecule has 2 saturated heterocycles. The Kier molecular flexibility index (Phi) is 5.35. The zero-order valence-electron chi connectivity index (χ0n) is 17.0. The van der Waals surface area contributed by atoms with Gasteiger partial charge in [-0.1, -0.05) is 0 Å². The molecule has 2 aliphatic carbocycles. The van der Waals surface area contributed by atoms with Crippen molar-refractivity contribution in [1.29, 1.82) is 0 Å². The Morgan fingerprint density at radius 2 is 1.79 bits per heavy atom. The number of rotatable bonds is 4. The van der Waals surface area contributed by atoms with Gasteiger partial charge >= 0.3 is 0 Å². The van der Waals surface area contributed by atoms with Crippen molar-refractivity contribution in [2.75, 3.05) is 26.2 Å². The van der Waals surface area contributed by atoms with E-state index in [4.69, 9.17) is 5.73 Å². The monoisotopic (exact) mass is 391 g/mol. The first-order chi connectivity index (χ1) is 13.3. The van der Waals surface area contributed by atoms with Gasteiger partial charge in [0.2, 0.25) is 17.7 Å². The number of primary amides is 1. The predicted molar refractivity (Wildman–Crippen MR) is 104 cm³/mol. The molecule has 0 radical (unpaired) electrons. The maximum absolute atomic E-state index is 13.0. The molecular weight excluding hydrogens is 358 g/mol. The normalized spacial score (nSPS) is 36.3. The molecule has 5 atom stereocenters. The molecular formula is C20H33N5O3. The van der Waals surface area contributed by atoms with Crippen LogP contribution in [-0.4, -0.2) is 76.8 Å². The zero-order chi connectivity index (χ0) is 20.0. The predicted octanol–water partition coefficient (Wildman–Crippen LogP) is -0.0654. The highest BCUT2D eigenvalue weighted by Crippen LogP contribution is 2.41. The highest BCUT2D eigenvalue weighted by molar-refractivity contribution is 5.82. The first-order valence-electron chi connectivity index (χ1n) is 10.7. The molecule has 4 rings (SSSR count). The summed E-state index contributed by atoms with van der Waals surface area (Å²) in [5.41, 5.74) is 8.61. The Hall–Kier alpha value is -1.67. The van der Waals surface area contributed by atoms with E-state index in [2.05, 4.69) is 17.2 Å². The standard InChI is InChI=1S/C20H33N5O3/c1-12-9-24(20(28)14-3-4-14)18-7-15(5-6-17(18)25(12)13(2)26)16-8-22-23(10-16)11-19(21)27/h12,14-18,22H,3-11H2,1-2H3,(H2,21,27)/t12-,15?,16?,17?,18?/m0/s1. The lowest BCUT2D eigenvalue weighted by atomic mass is 9.73. The smallest absolute Gasteiger partial charge is 0.233 e. The lowest BCUT2D eigenvalue weighted by molar-refractivity contribution is -0.155. The average Bonchev–Trinajstić information content (AvgIpc) is 3.39. The number of hydrogen-bond acceptors (Lipinski definition) is 5. The van der Waals surface area contributed by atoms with Gasteiger partial charge in [0, 0.05) is 38.5 Å². The first kappa shape index (κ1) is 19.6. The molecule has 3 amide bonds. The molecule has 156 valence electrons. The van der Waals surface area contributed by atoms with Crippen molar-refractivity contribution in [3.8, 4) is 0 Å². The Morgan fingerprint density at radius 3 is 2.43 bits per heavy atom. The third-order valence-corrected chi connectivity index (χ3v) is 7.13. The second-order valence-electron chi connectivity index (χ2n) is 9.22. The number of nitrogens with zero attached hydrogens (tertiary/aromatic N) is 3. The molecule has 2 saturated carbocycles. The summed E-state index contributed by atoms with van der Waals surface area (Å²) < 4.78 is 0. The molecule has 28 heavy (non-hydrogen) atoms. The highest BCUT2D eigenvalue weighted by Gasteiger charge is 2.49. The Balaban J connectivity index is 1.49. The summed E-state index contributed by atoms with van der Waals surface area (Å²) in [6.45, 7) is 6.27. The molecule has 0 aromatic carbocycles. The maximum atomic E-state index is 13.0. The van der Waals surface area contributed by atoms with E-state index in [1.54, 1.807) is 6.92 Å². The van der Waals surface area contributed by atoms with Crippen molar-refractivity contribution in [3.63, 3.8) is 0 Å². The van der Waals surface area contributed by atoms with Crippen LogP contribution >= 0.6 is 0 Å². The van der Waals surface area contributed by atoms with Crippen LogP contribution in [0.4, 0.5) is 0 Å². The minimum atomic E-state index is -0.323. The number of amides is 3. The van der Waals surface area contributed by atoms with Crippen molar-refractivity contribution in [2.45, 2.75) is 64.1 Å². The summed E-state index contributed by atoms with van der Waals surface area (Å²) >= 11 is 0. The van der Waals surface area contributed by atoms with Crippen LogP contribution in [0.15, 0.2) is 0 Å². The topological polar surface area (TPSA) is 99.0 Å². The van der Waals surface area contributed by atoms with Crippen molar-refractivity contribution >= 4 is 17.7 Å². The van der Waals surface area contributed by atoms with E-state index in [9.17, 15) is 14.4 Å². The van der Waals surface area contributed by atoms with Gasteiger partial charge in [0.15, 0.2) is 0 Å². The molecule has 3 N–H and O–H groups in total. The number of nitrogens with one attached hydrogen (secondary N) is 1. The summed E-state index contributed by atoms with van der Waals surface area (Å²) in [6.07, 6.45) is 4.96. The lowest BCUT2D eigenvalue weighted by Crippen LogP contribution is -2.67. The summed E-state index contributed by atoms with van der Waals surface area (Å²) in [7, 11) is 0. The van der Waals surface area contributed by atoms with Gasteiger partial charge < -0.3 is 15.5 Å². The SMILES string of the molecule is CC(=O)N1C2CCC(C3CNN(CC(N)=O)C3)CC2N(C(=O)C2CC2)C[C@@H]1C. The molecule has 4 aliphatic rings. The van der Waals surface area contributed by atoms with Crippen LogP contribution in [0.25, 0.3) is 0 Å². The van der Waals surface area contributed by atoms with E-state index in [0.29, 0.717) is 24.3 Å². The van der Waals surface area contributed by atoms with E-state index in [-0.39, 0.29) is 42.4 Å². The van der Waals surface area contributed by atoms with E-state index in [1.165, 1.54) is 0 Å². The van der Waals surface area contributed by atoms with E-state index in [0.717, 1.165) is 45.2 Å². The van der Waals surface area contributed by atoms with Gasteiger partial charge in [0.05, 0.1) is 18.6 Å². The number of carbonyl (C=O) groups is 3. The Bertz CT molecular complexity index is 652. The fraction of sp³-hybridized carbons (Fsp3) is 0.850. The van der Waals surface area contributed by atoms with E-state index >= 15 is 0 Å². The second kappa shape index (κ2) is 7.63. The molecule has 0 aromatic heterocycles. The van der Waals surface area contributed by atoms with Gasteiger partial charge in [-0.3, -0.25) is 19.8 Å². The quantitative estimate of drug-likeness (QED) is 0.699. The van der Waals surface area contributed by atoms with Gasteiger partial charge in [0.1, 0.15) is 0 Å². The molecule has 4 unspecified atom stereocenters. The fourth-order valence-corrected chi connectivity index (χ4v) is 5.73. The number of nitrogens with two attached hydrogens (primary N) is 1.